The predicted octanol–water partition coefficient (Wildman–Crippen LogP) is 3.07. The summed E-state index contributed by atoms with van der Waals surface area (Å²) in [5, 5.41) is 21.0. The largest absolute Gasteiger partial charge is 0.476 e. The van der Waals surface area contributed by atoms with Gasteiger partial charge in [0.1, 0.15) is 5.02 Å². The van der Waals surface area contributed by atoms with E-state index in [-0.39, 0.29) is 15.7 Å². The van der Waals surface area contributed by atoms with Crippen LogP contribution in [0.2, 0.25) is 5.02 Å². The maximum atomic E-state index is 10.7. The summed E-state index contributed by atoms with van der Waals surface area (Å²) in [5.74, 6) is -1.13. The number of nitro groups is 1. The average molecular weight is 285 g/mol. The van der Waals surface area contributed by atoms with Crippen LogP contribution in [0.3, 0.4) is 0 Å². The highest BCUT2D eigenvalue weighted by atomic mass is 35.5. The number of carboxylic acid groups (broad SMARTS) is 1. The number of halogens is 1. The number of aromatic carboxylic acids is 1. The molecule has 1 aromatic heterocycles. The minimum atomic E-state index is -1.13. The second-order valence-electron chi connectivity index (χ2n) is 3.27. The second kappa shape index (κ2) is 4.71. The molecule has 0 unspecified atom stereocenters. The highest BCUT2D eigenvalue weighted by molar-refractivity contribution is 7.11. The first kappa shape index (κ1) is 12.5. The smallest absolute Gasteiger partial charge is 0.365 e. The summed E-state index contributed by atoms with van der Waals surface area (Å²) in [6.07, 6.45) is 0. The zero-order valence-corrected chi connectivity index (χ0v) is 10.2. The van der Waals surface area contributed by atoms with Crippen LogP contribution in [0, 0.1) is 10.1 Å². The lowest BCUT2D eigenvalue weighted by Crippen LogP contribution is -1.94. The van der Waals surface area contributed by atoms with Crippen molar-refractivity contribution in [1.29, 1.82) is 0 Å². The van der Waals surface area contributed by atoms with Crippen molar-refractivity contribution in [3.05, 3.63) is 43.7 Å². The third-order valence-corrected chi connectivity index (χ3v) is 3.28. The molecule has 0 aliphatic heterocycles. The molecule has 1 aromatic carbocycles. The number of benzene rings is 1. The number of carbonyl (C=O) groups is 1. The van der Waals surface area contributed by atoms with E-state index in [4.69, 9.17) is 16.7 Å². The van der Waals surface area contributed by atoms with Gasteiger partial charge in [-0.15, -0.1) is 11.3 Å². The molecule has 0 bridgehead atoms. The first-order valence-electron chi connectivity index (χ1n) is 4.62. The fraction of sp³-hybridized carbons (Fsp3) is 0. The van der Waals surface area contributed by atoms with Crippen LogP contribution in [-0.2, 0) is 0 Å². The van der Waals surface area contributed by atoms with Crippen molar-refractivity contribution >= 4 is 34.6 Å². The molecule has 2 rings (SSSR count). The van der Waals surface area contributed by atoms with Crippen LogP contribution in [0.5, 0.6) is 0 Å². The van der Waals surface area contributed by atoms with Gasteiger partial charge < -0.3 is 5.11 Å². The Labute approximate surface area is 110 Å². The van der Waals surface area contributed by atoms with Crippen LogP contribution in [0.1, 0.15) is 9.80 Å². The van der Waals surface area contributed by atoms with Crippen molar-refractivity contribution in [2.75, 3.05) is 0 Å². The third-order valence-electron chi connectivity index (χ3n) is 2.13. The lowest BCUT2D eigenvalue weighted by atomic mass is 10.1. The van der Waals surface area contributed by atoms with E-state index in [1.807, 2.05) is 0 Å². The summed E-state index contributed by atoms with van der Waals surface area (Å²) < 4.78 is 0. The van der Waals surface area contributed by atoms with E-state index < -0.39 is 10.9 Å². The van der Waals surface area contributed by atoms with E-state index in [0.717, 1.165) is 11.3 Å². The Morgan fingerprint density at radius 2 is 2.22 bits per heavy atom. The molecule has 8 heteroatoms. The number of nitro benzene ring substituents is 1. The van der Waals surface area contributed by atoms with Crippen LogP contribution in [-0.4, -0.2) is 21.0 Å². The summed E-state index contributed by atoms with van der Waals surface area (Å²) in [5.41, 5.74) is 0.589. The van der Waals surface area contributed by atoms with Crippen molar-refractivity contribution in [2.24, 2.45) is 0 Å². The van der Waals surface area contributed by atoms with Gasteiger partial charge in [-0.05, 0) is 6.07 Å². The Bertz CT molecular complexity index is 641. The van der Waals surface area contributed by atoms with E-state index in [2.05, 4.69) is 4.98 Å². The first-order valence-corrected chi connectivity index (χ1v) is 5.88. The Morgan fingerprint density at radius 1 is 1.50 bits per heavy atom. The van der Waals surface area contributed by atoms with E-state index in [0.29, 0.717) is 11.3 Å². The average Bonchev–Trinajstić information content (AvgIpc) is 2.78. The van der Waals surface area contributed by atoms with Crippen LogP contribution in [0.15, 0.2) is 23.6 Å². The normalized spacial score (nSPS) is 10.3. The zero-order valence-electron chi connectivity index (χ0n) is 8.66. The van der Waals surface area contributed by atoms with Gasteiger partial charge in [-0.3, -0.25) is 10.1 Å². The molecule has 0 aliphatic carbocycles. The molecule has 0 aliphatic rings. The highest BCUT2D eigenvalue weighted by Gasteiger charge is 2.16. The lowest BCUT2D eigenvalue weighted by molar-refractivity contribution is -0.384. The quantitative estimate of drug-likeness (QED) is 0.690. The number of hydrogen-bond acceptors (Lipinski definition) is 5. The van der Waals surface area contributed by atoms with Gasteiger partial charge in [0.25, 0.3) is 5.69 Å². The summed E-state index contributed by atoms with van der Waals surface area (Å²) in [7, 11) is 0. The molecule has 1 heterocycles. The summed E-state index contributed by atoms with van der Waals surface area (Å²) in [6.45, 7) is 0. The van der Waals surface area contributed by atoms with Crippen molar-refractivity contribution in [2.45, 2.75) is 0 Å². The number of rotatable bonds is 3. The molecule has 2 aromatic rings. The molecule has 0 atom stereocenters. The van der Waals surface area contributed by atoms with E-state index in [9.17, 15) is 14.9 Å². The Kier molecular flexibility index (Phi) is 3.26. The van der Waals surface area contributed by atoms with Crippen LogP contribution in [0.25, 0.3) is 11.3 Å². The molecule has 0 fully saturated rings. The summed E-state index contributed by atoms with van der Waals surface area (Å²) >= 11 is 6.64. The second-order valence-corrected chi connectivity index (χ2v) is 4.53. The number of hydrogen-bond donors (Lipinski definition) is 1. The monoisotopic (exact) mass is 284 g/mol. The van der Waals surface area contributed by atoms with Gasteiger partial charge in [0.2, 0.25) is 5.01 Å². The summed E-state index contributed by atoms with van der Waals surface area (Å²) in [6, 6.07) is 4.20. The molecular formula is C10H5ClN2O4S. The third kappa shape index (κ3) is 2.31. The van der Waals surface area contributed by atoms with Gasteiger partial charge >= 0.3 is 5.97 Å². The fourth-order valence-corrected chi connectivity index (χ4v) is 2.17. The molecule has 1 N–H and O–H groups in total. The standard InChI is InChI=1S/C10H5ClN2O4S/c11-6-2-1-5(3-8(6)13(16)17)7-4-18-9(12-7)10(14)15/h1-4H,(H,14,15). The zero-order chi connectivity index (χ0) is 13.3. The fourth-order valence-electron chi connectivity index (χ4n) is 1.32. The van der Waals surface area contributed by atoms with Crippen molar-refractivity contribution in [1.82, 2.24) is 4.98 Å². The number of aromatic nitrogens is 1. The van der Waals surface area contributed by atoms with E-state index in [1.54, 1.807) is 6.07 Å². The molecule has 92 valence electrons. The Morgan fingerprint density at radius 3 is 2.78 bits per heavy atom. The molecule has 6 nitrogen and oxygen atoms in total. The Balaban J connectivity index is 2.47. The SMILES string of the molecule is O=C(O)c1nc(-c2ccc(Cl)c([N+](=O)[O-])c2)cs1. The predicted molar refractivity (Wildman–Crippen MR) is 66.2 cm³/mol. The van der Waals surface area contributed by atoms with Gasteiger partial charge in [-0.1, -0.05) is 17.7 Å². The minimum absolute atomic E-state index is 0.0254. The van der Waals surface area contributed by atoms with Gasteiger partial charge in [0.15, 0.2) is 0 Å². The number of thiazole rings is 1. The van der Waals surface area contributed by atoms with Crippen molar-refractivity contribution < 1.29 is 14.8 Å². The minimum Gasteiger partial charge on any atom is -0.476 e. The number of carboxylic acids is 1. The van der Waals surface area contributed by atoms with Crippen LogP contribution < -0.4 is 0 Å². The maximum Gasteiger partial charge on any atom is 0.365 e. The van der Waals surface area contributed by atoms with E-state index in [1.165, 1.54) is 17.5 Å². The van der Waals surface area contributed by atoms with Gasteiger partial charge in [-0.25, -0.2) is 9.78 Å². The first-order chi connectivity index (χ1) is 8.49. The topological polar surface area (TPSA) is 93.3 Å². The summed E-state index contributed by atoms with van der Waals surface area (Å²) in [4.78, 5) is 24.7. The molecule has 0 saturated heterocycles. The molecule has 0 spiro atoms. The van der Waals surface area contributed by atoms with Crippen molar-refractivity contribution in [3.63, 3.8) is 0 Å². The molecular weight excluding hydrogens is 280 g/mol. The highest BCUT2D eigenvalue weighted by Crippen LogP contribution is 2.30. The van der Waals surface area contributed by atoms with Gasteiger partial charge in [-0.2, -0.15) is 0 Å². The lowest BCUT2D eigenvalue weighted by Gasteiger charge is -1.98. The van der Waals surface area contributed by atoms with Gasteiger partial charge in [0.05, 0.1) is 10.6 Å². The van der Waals surface area contributed by atoms with Crippen molar-refractivity contribution in [3.8, 4) is 11.3 Å². The molecule has 18 heavy (non-hydrogen) atoms. The van der Waals surface area contributed by atoms with Crippen LogP contribution >= 0.6 is 22.9 Å². The Hall–Kier alpha value is -1.99. The van der Waals surface area contributed by atoms with E-state index >= 15 is 0 Å². The number of nitrogens with zero attached hydrogens (tertiary/aromatic N) is 2. The molecule has 0 saturated carbocycles. The van der Waals surface area contributed by atoms with Gasteiger partial charge in [0, 0.05) is 17.0 Å². The van der Waals surface area contributed by atoms with Crippen LogP contribution in [0.4, 0.5) is 5.69 Å². The maximum absolute atomic E-state index is 10.7. The molecule has 0 radical (unpaired) electrons. The molecule has 0 amide bonds.